The van der Waals surface area contributed by atoms with Crippen LogP contribution in [-0.4, -0.2) is 15.9 Å². The van der Waals surface area contributed by atoms with Crippen LogP contribution in [0.4, 0.5) is 5.69 Å². The number of aromatic nitrogens is 2. The summed E-state index contributed by atoms with van der Waals surface area (Å²) in [6.07, 6.45) is 8.12. The number of nitrogens with one attached hydrogen (secondary N) is 2. The van der Waals surface area contributed by atoms with Gasteiger partial charge in [0.2, 0.25) is 5.91 Å². The van der Waals surface area contributed by atoms with Crippen molar-refractivity contribution in [3.05, 3.63) is 46.4 Å². The molecule has 5 heteroatoms. The van der Waals surface area contributed by atoms with Gasteiger partial charge in [0.15, 0.2) is 0 Å². The lowest BCUT2D eigenvalue weighted by molar-refractivity contribution is -0.121. The second kappa shape index (κ2) is 8.98. The molecule has 1 aromatic carbocycles. The summed E-state index contributed by atoms with van der Waals surface area (Å²) in [6.45, 7) is 4.02. The summed E-state index contributed by atoms with van der Waals surface area (Å²) in [7, 11) is 0. The van der Waals surface area contributed by atoms with Crippen molar-refractivity contribution in [2.24, 2.45) is 11.8 Å². The number of hydrogen-bond donors (Lipinski definition) is 2. The fourth-order valence-electron chi connectivity index (χ4n) is 3.91. The average molecular weight is 367 g/mol. The minimum atomic E-state index is -0.174. The summed E-state index contributed by atoms with van der Waals surface area (Å²) >= 11 is 0. The Morgan fingerprint density at radius 3 is 2.70 bits per heavy atom. The van der Waals surface area contributed by atoms with Crippen LogP contribution in [0.5, 0.6) is 0 Å². The van der Waals surface area contributed by atoms with Crippen molar-refractivity contribution < 1.29 is 4.79 Å². The third-order valence-electron chi connectivity index (χ3n) is 5.46. The van der Waals surface area contributed by atoms with E-state index in [1.54, 1.807) is 6.92 Å². The highest BCUT2D eigenvalue weighted by atomic mass is 16.2. The van der Waals surface area contributed by atoms with Crippen molar-refractivity contribution in [3.8, 4) is 11.4 Å². The highest BCUT2D eigenvalue weighted by molar-refractivity contribution is 5.93. The first-order chi connectivity index (χ1) is 13.0. The van der Waals surface area contributed by atoms with E-state index in [1.807, 2.05) is 24.3 Å². The maximum absolute atomic E-state index is 12.7. The van der Waals surface area contributed by atoms with Crippen molar-refractivity contribution in [2.75, 3.05) is 5.32 Å². The fraction of sp³-hybridized carbons (Fsp3) is 0.500. The summed E-state index contributed by atoms with van der Waals surface area (Å²) < 4.78 is 0. The standard InChI is InChI=1S/C22H29N3O2/c1-3-4-6-16-9-11-17(12-10-16)22(27)24-19-8-5-7-18(14-19)21-23-15(2)13-20(26)25-21/h5,7-8,13-14,16-17H,3-4,6,9-12H2,1-2H3,(H,24,27)(H,23,25,26). The Balaban J connectivity index is 1.63. The first-order valence-corrected chi connectivity index (χ1v) is 10.0. The predicted molar refractivity (Wildman–Crippen MR) is 109 cm³/mol. The SMILES string of the molecule is CCCCC1CCC(C(=O)Nc2cccc(-c3nc(C)cc(=O)[nH]3)c2)CC1. The molecule has 3 rings (SSSR count). The van der Waals surface area contributed by atoms with Crippen LogP contribution in [0.3, 0.4) is 0 Å². The zero-order valence-corrected chi connectivity index (χ0v) is 16.3. The molecule has 0 aliphatic heterocycles. The molecule has 27 heavy (non-hydrogen) atoms. The van der Waals surface area contributed by atoms with Crippen molar-refractivity contribution in [3.63, 3.8) is 0 Å². The van der Waals surface area contributed by atoms with Gasteiger partial charge in [-0.3, -0.25) is 9.59 Å². The molecule has 5 nitrogen and oxygen atoms in total. The smallest absolute Gasteiger partial charge is 0.251 e. The van der Waals surface area contributed by atoms with Gasteiger partial charge in [0, 0.05) is 28.9 Å². The van der Waals surface area contributed by atoms with Gasteiger partial charge in [-0.25, -0.2) is 4.98 Å². The molecule has 1 amide bonds. The van der Waals surface area contributed by atoms with Crippen LogP contribution in [0.1, 0.15) is 57.6 Å². The molecule has 0 radical (unpaired) electrons. The Morgan fingerprint density at radius 1 is 1.22 bits per heavy atom. The van der Waals surface area contributed by atoms with Crippen LogP contribution >= 0.6 is 0 Å². The number of carbonyl (C=O) groups excluding carboxylic acids is 1. The molecule has 1 heterocycles. The van der Waals surface area contributed by atoms with E-state index in [2.05, 4.69) is 22.2 Å². The Hall–Kier alpha value is -2.43. The third-order valence-corrected chi connectivity index (χ3v) is 5.46. The van der Waals surface area contributed by atoms with Crippen molar-refractivity contribution in [1.82, 2.24) is 9.97 Å². The Kier molecular flexibility index (Phi) is 6.43. The maximum atomic E-state index is 12.7. The van der Waals surface area contributed by atoms with Gasteiger partial charge in [-0.15, -0.1) is 0 Å². The lowest BCUT2D eigenvalue weighted by Crippen LogP contribution is -2.27. The largest absolute Gasteiger partial charge is 0.326 e. The van der Waals surface area contributed by atoms with Gasteiger partial charge in [0.1, 0.15) is 5.82 Å². The van der Waals surface area contributed by atoms with E-state index in [0.29, 0.717) is 11.5 Å². The summed E-state index contributed by atoms with van der Waals surface area (Å²) in [5, 5.41) is 3.05. The zero-order chi connectivity index (χ0) is 19.2. The molecular weight excluding hydrogens is 338 g/mol. The van der Waals surface area contributed by atoms with E-state index in [0.717, 1.165) is 42.9 Å². The summed E-state index contributed by atoms with van der Waals surface area (Å²) in [5.41, 5.74) is 2.03. The summed E-state index contributed by atoms with van der Waals surface area (Å²) in [6, 6.07) is 8.96. The monoisotopic (exact) mass is 367 g/mol. The highest BCUT2D eigenvalue weighted by Crippen LogP contribution is 2.32. The Labute approximate surface area is 160 Å². The third kappa shape index (κ3) is 5.28. The molecule has 2 N–H and O–H groups in total. The Bertz CT molecular complexity index is 835. The number of H-pyrrole nitrogens is 1. The lowest BCUT2D eigenvalue weighted by Gasteiger charge is -2.27. The van der Waals surface area contributed by atoms with Crippen LogP contribution in [0.15, 0.2) is 35.1 Å². The first-order valence-electron chi connectivity index (χ1n) is 10.0. The van der Waals surface area contributed by atoms with Gasteiger partial charge in [-0.05, 0) is 50.7 Å². The number of amides is 1. The van der Waals surface area contributed by atoms with E-state index in [4.69, 9.17) is 0 Å². The van der Waals surface area contributed by atoms with E-state index < -0.39 is 0 Å². The number of unbranched alkanes of at least 4 members (excludes halogenated alkanes) is 1. The predicted octanol–water partition coefficient (Wildman–Crippen LogP) is 4.68. The molecule has 1 fully saturated rings. The molecule has 1 aliphatic rings. The molecule has 1 aromatic heterocycles. The Morgan fingerprint density at radius 2 is 2.00 bits per heavy atom. The molecule has 0 saturated heterocycles. The van der Waals surface area contributed by atoms with Crippen LogP contribution in [0.25, 0.3) is 11.4 Å². The number of rotatable bonds is 6. The van der Waals surface area contributed by atoms with Gasteiger partial charge in [0.05, 0.1) is 0 Å². The number of aromatic amines is 1. The number of benzene rings is 1. The number of carbonyl (C=O) groups is 1. The van der Waals surface area contributed by atoms with E-state index >= 15 is 0 Å². The normalized spacial score (nSPS) is 19.6. The van der Waals surface area contributed by atoms with Crippen molar-refractivity contribution in [2.45, 2.75) is 58.8 Å². The van der Waals surface area contributed by atoms with Gasteiger partial charge < -0.3 is 10.3 Å². The number of aryl methyl sites for hydroxylation is 1. The van der Waals surface area contributed by atoms with Crippen LogP contribution in [0.2, 0.25) is 0 Å². The lowest BCUT2D eigenvalue weighted by atomic mass is 9.79. The minimum Gasteiger partial charge on any atom is -0.326 e. The van der Waals surface area contributed by atoms with Crippen molar-refractivity contribution in [1.29, 1.82) is 0 Å². The number of anilines is 1. The van der Waals surface area contributed by atoms with Crippen LogP contribution in [-0.2, 0) is 4.79 Å². The molecule has 0 unspecified atom stereocenters. The first kappa shape index (κ1) is 19.3. The topological polar surface area (TPSA) is 74.8 Å². The average Bonchev–Trinajstić information content (AvgIpc) is 2.66. The van der Waals surface area contributed by atoms with Gasteiger partial charge in [-0.1, -0.05) is 38.3 Å². The van der Waals surface area contributed by atoms with Gasteiger partial charge >= 0.3 is 0 Å². The molecule has 1 aliphatic carbocycles. The zero-order valence-electron chi connectivity index (χ0n) is 16.3. The maximum Gasteiger partial charge on any atom is 0.251 e. The van der Waals surface area contributed by atoms with E-state index in [-0.39, 0.29) is 17.4 Å². The molecule has 0 bridgehead atoms. The molecule has 2 aromatic rings. The van der Waals surface area contributed by atoms with Gasteiger partial charge in [0.25, 0.3) is 5.56 Å². The second-order valence-electron chi connectivity index (χ2n) is 7.67. The quantitative estimate of drug-likeness (QED) is 0.778. The van der Waals surface area contributed by atoms with Crippen LogP contribution in [0, 0.1) is 18.8 Å². The molecule has 0 atom stereocenters. The van der Waals surface area contributed by atoms with Gasteiger partial charge in [-0.2, -0.15) is 0 Å². The fourth-order valence-corrected chi connectivity index (χ4v) is 3.91. The number of hydrogen-bond acceptors (Lipinski definition) is 3. The molecule has 0 spiro atoms. The van der Waals surface area contributed by atoms with Crippen molar-refractivity contribution >= 4 is 11.6 Å². The molecule has 144 valence electrons. The molecular formula is C22H29N3O2. The van der Waals surface area contributed by atoms with Crippen LogP contribution < -0.4 is 10.9 Å². The minimum absolute atomic E-state index is 0.100. The summed E-state index contributed by atoms with van der Waals surface area (Å²) in [5.74, 6) is 1.52. The van der Waals surface area contributed by atoms with E-state index in [9.17, 15) is 9.59 Å². The second-order valence-corrected chi connectivity index (χ2v) is 7.67. The summed E-state index contributed by atoms with van der Waals surface area (Å²) in [4.78, 5) is 31.5. The molecule has 1 saturated carbocycles. The number of nitrogens with zero attached hydrogens (tertiary/aromatic N) is 1. The van der Waals surface area contributed by atoms with E-state index in [1.165, 1.54) is 25.3 Å². The highest BCUT2D eigenvalue weighted by Gasteiger charge is 2.26.